The van der Waals surface area contributed by atoms with Crippen LogP contribution in [0.25, 0.3) is 0 Å². The highest BCUT2D eigenvalue weighted by Crippen LogP contribution is 2.25. The van der Waals surface area contributed by atoms with Crippen molar-refractivity contribution in [2.45, 2.75) is 39.7 Å². The Morgan fingerprint density at radius 2 is 2.11 bits per heavy atom. The topological polar surface area (TPSA) is 41.1 Å². The van der Waals surface area contributed by atoms with Crippen molar-refractivity contribution in [2.24, 2.45) is 0 Å². The fraction of sp³-hybridized carbons (Fsp3) is 0.714. The molecule has 0 saturated heterocycles. The largest absolute Gasteiger partial charge is 0.370 e. The van der Waals surface area contributed by atoms with Crippen LogP contribution in [0.5, 0.6) is 0 Å². The minimum atomic E-state index is 0.467. The van der Waals surface area contributed by atoms with Gasteiger partial charge in [-0.3, -0.25) is 0 Å². The minimum Gasteiger partial charge on any atom is -0.370 e. The predicted octanol–water partition coefficient (Wildman–Crippen LogP) is 3.05. The van der Waals surface area contributed by atoms with Crippen LogP contribution in [0, 0.1) is 0 Å². The summed E-state index contributed by atoms with van der Waals surface area (Å²) in [5.74, 6) is 3.14. The lowest BCUT2D eigenvalue weighted by Gasteiger charge is -2.27. The molecule has 0 amide bonds. The predicted molar refractivity (Wildman–Crippen MR) is 86.4 cm³/mol. The van der Waals surface area contributed by atoms with Gasteiger partial charge in [-0.25, -0.2) is 9.97 Å². The van der Waals surface area contributed by atoms with Crippen LogP contribution in [0.2, 0.25) is 0 Å². The summed E-state index contributed by atoms with van der Waals surface area (Å²) in [5, 5.41) is 3.40. The Kier molecular flexibility index (Phi) is 6.99. The zero-order valence-electron chi connectivity index (χ0n) is 12.7. The molecule has 0 aliphatic heterocycles. The number of hydrogen-bond donors (Lipinski definition) is 1. The zero-order valence-corrected chi connectivity index (χ0v) is 13.5. The van der Waals surface area contributed by atoms with Crippen molar-refractivity contribution in [3.63, 3.8) is 0 Å². The van der Waals surface area contributed by atoms with Gasteiger partial charge in [0.05, 0.1) is 0 Å². The van der Waals surface area contributed by atoms with Crippen LogP contribution < -0.4 is 10.2 Å². The van der Waals surface area contributed by atoms with Crippen LogP contribution in [0.1, 0.15) is 32.8 Å². The molecule has 1 N–H and O–H groups in total. The lowest BCUT2D eigenvalue weighted by Crippen LogP contribution is -2.32. The van der Waals surface area contributed by atoms with Crippen molar-refractivity contribution in [3.05, 3.63) is 11.9 Å². The van der Waals surface area contributed by atoms with Crippen LogP contribution >= 0.6 is 11.8 Å². The monoisotopic (exact) mass is 282 g/mol. The molecule has 0 aliphatic rings. The number of nitrogens with zero attached hydrogens (tertiary/aromatic N) is 3. The summed E-state index contributed by atoms with van der Waals surface area (Å²) >= 11 is 1.86. The van der Waals surface area contributed by atoms with E-state index in [9.17, 15) is 0 Å². The van der Waals surface area contributed by atoms with E-state index in [4.69, 9.17) is 0 Å². The molecule has 1 heterocycles. The molecule has 1 atom stereocenters. The first kappa shape index (κ1) is 16.1. The standard InChI is InChI=1S/C14H26N4S/c1-6-8-15-13-12(7-2)14(17-10-16-13)18(4)11(3)9-19-5/h10-11H,6-9H2,1-5H3,(H,15,16,17). The Labute approximate surface area is 121 Å². The number of thioether (sulfide) groups is 1. The van der Waals surface area contributed by atoms with E-state index in [-0.39, 0.29) is 0 Å². The van der Waals surface area contributed by atoms with Crippen molar-refractivity contribution >= 4 is 23.4 Å². The lowest BCUT2D eigenvalue weighted by molar-refractivity contribution is 0.744. The third kappa shape index (κ3) is 4.27. The van der Waals surface area contributed by atoms with E-state index in [2.05, 4.69) is 54.3 Å². The first-order chi connectivity index (χ1) is 9.15. The third-order valence-corrected chi connectivity index (χ3v) is 4.04. The van der Waals surface area contributed by atoms with Gasteiger partial charge in [0.2, 0.25) is 0 Å². The smallest absolute Gasteiger partial charge is 0.137 e. The second kappa shape index (κ2) is 8.25. The minimum absolute atomic E-state index is 0.467. The van der Waals surface area contributed by atoms with Gasteiger partial charge < -0.3 is 10.2 Å². The van der Waals surface area contributed by atoms with Gasteiger partial charge in [0, 0.05) is 31.0 Å². The van der Waals surface area contributed by atoms with Gasteiger partial charge in [-0.05, 0) is 26.0 Å². The molecular formula is C14H26N4S. The number of hydrogen-bond acceptors (Lipinski definition) is 5. The Hall–Kier alpha value is -0.970. The van der Waals surface area contributed by atoms with Gasteiger partial charge in [-0.1, -0.05) is 13.8 Å². The summed E-state index contributed by atoms with van der Waals surface area (Å²) < 4.78 is 0. The summed E-state index contributed by atoms with van der Waals surface area (Å²) in [6, 6.07) is 0.467. The average molecular weight is 282 g/mol. The second-order valence-electron chi connectivity index (χ2n) is 4.72. The molecule has 0 spiro atoms. The van der Waals surface area contributed by atoms with E-state index >= 15 is 0 Å². The molecule has 19 heavy (non-hydrogen) atoms. The molecule has 108 valence electrons. The summed E-state index contributed by atoms with van der Waals surface area (Å²) in [5.41, 5.74) is 1.21. The van der Waals surface area contributed by atoms with Gasteiger partial charge in [0.25, 0.3) is 0 Å². The Bertz CT molecular complexity index is 384. The van der Waals surface area contributed by atoms with Gasteiger partial charge in [0.1, 0.15) is 18.0 Å². The van der Waals surface area contributed by atoms with Gasteiger partial charge in [-0.2, -0.15) is 11.8 Å². The molecule has 0 fully saturated rings. The van der Waals surface area contributed by atoms with Crippen molar-refractivity contribution < 1.29 is 0 Å². The summed E-state index contributed by atoms with van der Waals surface area (Å²) in [6.45, 7) is 7.50. The molecule has 1 unspecified atom stereocenters. The summed E-state index contributed by atoms with van der Waals surface area (Å²) in [7, 11) is 2.12. The highest BCUT2D eigenvalue weighted by atomic mass is 32.2. The fourth-order valence-corrected chi connectivity index (χ4v) is 2.70. The maximum Gasteiger partial charge on any atom is 0.137 e. The summed E-state index contributed by atoms with van der Waals surface area (Å²) in [6.07, 6.45) is 5.84. The van der Waals surface area contributed by atoms with E-state index in [1.807, 2.05) is 11.8 Å². The lowest BCUT2D eigenvalue weighted by atomic mass is 10.2. The Morgan fingerprint density at radius 1 is 1.37 bits per heavy atom. The van der Waals surface area contributed by atoms with Crippen molar-refractivity contribution in [3.8, 4) is 0 Å². The molecule has 0 bridgehead atoms. The fourth-order valence-electron chi connectivity index (χ4n) is 1.99. The van der Waals surface area contributed by atoms with Crippen molar-refractivity contribution in [1.82, 2.24) is 9.97 Å². The molecule has 0 radical (unpaired) electrons. The molecule has 1 aromatic heterocycles. The van der Waals surface area contributed by atoms with Crippen molar-refractivity contribution in [2.75, 3.05) is 35.8 Å². The molecule has 0 aliphatic carbocycles. The zero-order chi connectivity index (χ0) is 14.3. The Balaban J connectivity index is 2.99. The maximum absolute atomic E-state index is 4.49. The second-order valence-corrected chi connectivity index (χ2v) is 5.63. The molecule has 4 nitrogen and oxygen atoms in total. The number of anilines is 2. The number of aromatic nitrogens is 2. The molecule has 1 rings (SSSR count). The SMILES string of the molecule is CCCNc1ncnc(N(C)C(C)CSC)c1CC. The van der Waals surface area contributed by atoms with Gasteiger partial charge in [-0.15, -0.1) is 0 Å². The van der Waals surface area contributed by atoms with E-state index < -0.39 is 0 Å². The Morgan fingerprint density at radius 3 is 2.68 bits per heavy atom. The number of rotatable bonds is 8. The van der Waals surface area contributed by atoms with Crippen LogP contribution in [0.15, 0.2) is 6.33 Å². The van der Waals surface area contributed by atoms with Crippen LogP contribution in [0.4, 0.5) is 11.6 Å². The highest BCUT2D eigenvalue weighted by molar-refractivity contribution is 7.98. The molecule has 5 heteroatoms. The molecular weight excluding hydrogens is 256 g/mol. The quantitative estimate of drug-likeness (QED) is 0.793. The third-order valence-electron chi connectivity index (χ3n) is 3.22. The van der Waals surface area contributed by atoms with Gasteiger partial charge in [0.15, 0.2) is 0 Å². The van der Waals surface area contributed by atoms with Crippen LogP contribution in [-0.2, 0) is 6.42 Å². The van der Waals surface area contributed by atoms with Gasteiger partial charge >= 0.3 is 0 Å². The normalized spacial score (nSPS) is 12.3. The van der Waals surface area contributed by atoms with Crippen LogP contribution in [0.3, 0.4) is 0 Å². The van der Waals surface area contributed by atoms with Crippen molar-refractivity contribution in [1.29, 1.82) is 0 Å². The van der Waals surface area contributed by atoms with Crippen LogP contribution in [-0.4, -0.2) is 41.6 Å². The average Bonchev–Trinajstić information content (AvgIpc) is 2.43. The van der Waals surface area contributed by atoms with E-state index in [0.29, 0.717) is 6.04 Å². The molecule has 0 aromatic carbocycles. The van der Waals surface area contributed by atoms with E-state index in [1.54, 1.807) is 6.33 Å². The van der Waals surface area contributed by atoms with E-state index in [0.717, 1.165) is 36.8 Å². The molecule has 0 saturated carbocycles. The van der Waals surface area contributed by atoms with E-state index in [1.165, 1.54) is 5.56 Å². The summed E-state index contributed by atoms with van der Waals surface area (Å²) in [4.78, 5) is 11.1. The first-order valence-corrected chi connectivity index (χ1v) is 8.34. The molecule has 1 aromatic rings. The first-order valence-electron chi connectivity index (χ1n) is 6.95. The maximum atomic E-state index is 4.49. The highest BCUT2D eigenvalue weighted by Gasteiger charge is 2.17. The number of nitrogens with one attached hydrogen (secondary N) is 1.